The summed E-state index contributed by atoms with van der Waals surface area (Å²) in [6, 6.07) is 7.70. The number of hydrogen-bond acceptors (Lipinski definition) is 2. The van der Waals surface area contributed by atoms with Crippen molar-refractivity contribution in [1.29, 1.82) is 5.26 Å². The van der Waals surface area contributed by atoms with E-state index >= 15 is 0 Å². The average Bonchev–Trinajstić information content (AvgIpc) is 2.26. The SMILES string of the molecule is CCC(C)CNc1ccc(C#N)cc1Br. The monoisotopic (exact) mass is 266 g/mol. The van der Waals surface area contributed by atoms with Crippen LogP contribution in [0.15, 0.2) is 22.7 Å². The van der Waals surface area contributed by atoms with E-state index in [9.17, 15) is 0 Å². The van der Waals surface area contributed by atoms with Gasteiger partial charge in [-0.2, -0.15) is 5.26 Å². The smallest absolute Gasteiger partial charge is 0.0992 e. The summed E-state index contributed by atoms with van der Waals surface area (Å²) in [5.41, 5.74) is 1.73. The van der Waals surface area contributed by atoms with E-state index in [-0.39, 0.29) is 0 Å². The van der Waals surface area contributed by atoms with Gasteiger partial charge in [-0.25, -0.2) is 0 Å². The first-order chi connectivity index (χ1) is 7.17. The minimum atomic E-state index is 0.660. The maximum atomic E-state index is 8.72. The van der Waals surface area contributed by atoms with Crippen LogP contribution in [-0.4, -0.2) is 6.54 Å². The Morgan fingerprint density at radius 2 is 2.27 bits per heavy atom. The molecule has 15 heavy (non-hydrogen) atoms. The zero-order valence-electron chi connectivity index (χ0n) is 9.05. The van der Waals surface area contributed by atoms with E-state index in [1.807, 2.05) is 18.2 Å². The number of anilines is 1. The number of nitrogens with zero attached hydrogens (tertiary/aromatic N) is 1. The van der Waals surface area contributed by atoms with E-state index in [1.54, 1.807) is 0 Å². The fourth-order valence-electron chi connectivity index (χ4n) is 1.16. The Morgan fingerprint density at radius 3 is 2.80 bits per heavy atom. The van der Waals surface area contributed by atoms with Crippen LogP contribution in [0.5, 0.6) is 0 Å². The van der Waals surface area contributed by atoms with Gasteiger partial charge in [0.1, 0.15) is 0 Å². The highest BCUT2D eigenvalue weighted by Gasteiger charge is 2.02. The molecule has 0 aliphatic heterocycles. The zero-order valence-corrected chi connectivity index (χ0v) is 10.6. The third kappa shape index (κ3) is 3.56. The molecule has 0 fully saturated rings. The lowest BCUT2D eigenvalue weighted by molar-refractivity contribution is 0.593. The van der Waals surface area contributed by atoms with E-state index in [2.05, 4.69) is 41.2 Å². The number of halogens is 1. The molecule has 0 saturated carbocycles. The second-order valence-electron chi connectivity index (χ2n) is 3.70. The van der Waals surface area contributed by atoms with Gasteiger partial charge in [-0.1, -0.05) is 20.3 Å². The molecule has 1 aromatic rings. The minimum Gasteiger partial charge on any atom is -0.384 e. The molecule has 0 radical (unpaired) electrons. The lowest BCUT2D eigenvalue weighted by Crippen LogP contribution is -2.10. The average molecular weight is 267 g/mol. The van der Waals surface area contributed by atoms with Gasteiger partial charge in [0, 0.05) is 16.7 Å². The Kier molecular flexibility index (Phi) is 4.64. The maximum Gasteiger partial charge on any atom is 0.0992 e. The van der Waals surface area contributed by atoms with Gasteiger partial charge in [-0.15, -0.1) is 0 Å². The van der Waals surface area contributed by atoms with Gasteiger partial charge in [0.05, 0.1) is 11.6 Å². The van der Waals surface area contributed by atoms with Crippen LogP contribution in [0.1, 0.15) is 25.8 Å². The number of hydrogen-bond donors (Lipinski definition) is 1. The van der Waals surface area contributed by atoms with E-state index < -0.39 is 0 Å². The van der Waals surface area contributed by atoms with Crippen LogP contribution in [0.25, 0.3) is 0 Å². The molecular formula is C12H15BrN2. The molecular weight excluding hydrogens is 252 g/mol. The number of nitriles is 1. The molecule has 0 amide bonds. The van der Waals surface area contributed by atoms with Crippen molar-refractivity contribution in [3.8, 4) is 6.07 Å². The highest BCUT2D eigenvalue weighted by molar-refractivity contribution is 9.10. The molecule has 0 heterocycles. The third-order valence-electron chi connectivity index (χ3n) is 2.44. The first kappa shape index (κ1) is 12.1. The Balaban J connectivity index is 2.67. The van der Waals surface area contributed by atoms with Crippen LogP contribution in [0.4, 0.5) is 5.69 Å². The van der Waals surface area contributed by atoms with Crippen molar-refractivity contribution in [2.24, 2.45) is 5.92 Å². The van der Waals surface area contributed by atoms with E-state index in [4.69, 9.17) is 5.26 Å². The quantitative estimate of drug-likeness (QED) is 0.901. The van der Waals surface area contributed by atoms with Gasteiger partial charge in [0.2, 0.25) is 0 Å². The van der Waals surface area contributed by atoms with E-state index in [0.29, 0.717) is 11.5 Å². The Hall–Kier alpha value is -1.01. The molecule has 3 heteroatoms. The second-order valence-corrected chi connectivity index (χ2v) is 4.56. The van der Waals surface area contributed by atoms with Gasteiger partial charge in [0.15, 0.2) is 0 Å². The van der Waals surface area contributed by atoms with Crippen molar-refractivity contribution < 1.29 is 0 Å². The molecule has 1 rings (SSSR count). The van der Waals surface area contributed by atoms with Crippen molar-refractivity contribution in [1.82, 2.24) is 0 Å². The molecule has 1 aromatic carbocycles. The van der Waals surface area contributed by atoms with Crippen molar-refractivity contribution >= 4 is 21.6 Å². The summed E-state index contributed by atoms with van der Waals surface area (Å²) in [5.74, 6) is 0.660. The van der Waals surface area contributed by atoms with Crippen LogP contribution in [-0.2, 0) is 0 Å². The predicted molar refractivity (Wildman–Crippen MR) is 66.8 cm³/mol. The van der Waals surface area contributed by atoms with E-state index in [0.717, 1.165) is 16.7 Å². The Morgan fingerprint density at radius 1 is 1.53 bits per heavy atom. The number of rotatable bonds is 4. The molecule has 0 aromatic heterocycles. The third-order valence-corrected chi connectivity index (χ3v) is 3.09. The molecule has 0 bridgehead atoms. The predicted octanol–water partition coefficient (Wildman–Crippen LogP) is 3.78. The summed E-state index contributed by atoms with van der Waals surface area (Å²) >= 11 is 3.45. The van der Waals surface area contributed by atoms with E-state index in [1.165, 1.54) is 6.42 Å². The molecule has 80 valence electrons. The standard InChI is InChI=1S/C12H15BrN2/c1-3-9(2)8-15-12-5-4-10(7-14)6-11(12)13/h4-6,9,15H,3,8H2,1-2H3. The van der Waals surface area contributed by atoms with Crippen LogP contribution < -0.4 is 5.32 Å². The highest BCUT2D eigenvalue weighted by Crippen LogP contribution is 2.23. The maximum absolute atomic E-state index is 8.72. The van der Waals surface area contributed by atoms with Gasteiger partial charge in [-0.05, 0) is 40.0 Å². The summed E-state index contributed by atoms with van der Waals surface area (Å²) in [7, 11) is 0. The summed E-state index contributed by atoms with van der Waals surface area (Å²) in [6.07, 6.45) is 1.17. The first-order valence-electron chi connectivity index (χ1n) is 5.11. The summed E-state index contributed by atoms with van der Waals surface area (Å²) in [5, 5.41) is 12.1. The van der Waals surface area contributed by atoms with Crippen molar-refractivity contribution in [2.75, 3.05) is 11.9 Å². The molecule has 2 nitrogen and oxygen atoms in total. The lowest BCUT2D eigenvalue weighted by atomic mass is 10.1. The number of benzene rings is 1. The fraction of sp³-hybridized carbons (Fsp3) is 0.417. The lowest BCUT2D eigenvalue weighted by Gasteiger charge is -2.12. The van der Waals surface area contributed by atoms with Gasteiger partial charge >= 0.3 is 0 Å². The van der Waals surface area contributed by atoms with Crippen LogP contribution >= 0.6 is 15.9 Å². The number of nitrogens with one attached hydrogen (secondary N) is 1. The van der Waals surface area contributed by atoms with Gasteiger partial charge < -0.3 is 5.32 Å². The topological polar surface area (TPSA) is 35.8 Å². The molecule has 1 atom stereocenters. The molecule has 0 aliphatic carbocycles. The molecule has 0 aliphatic rings. The van der Waals surface area contributed by atoms with Gasteiger partial charge in [0.25, 0.3) is 0 Å². The highest BCUT2D eigenvalue weighted by atomic mass is 79.9. The fourth-order valence-corrected chi connectivity index (χ4v) is 1.68. The Labute approximate surface area is 99.4 Å². The molecule has 0 spiro atoms. The summed E-state index contributed by atoms with van der Waals surface area (Å²) in [6.45, 7) is 5.35. The zero-order chi connectivity index (χ0) is 11.3. The molecule has 1 unspecified atom stereocenters. The summed E-state index contributed by atoms with van der Waals surface area (Å²) < 4.78 is 0.949. The second kappa shape index (κ2) is 5.77. The minimum absolute atomic E-state index is 0.660. The summed E-state index contributed by atoms with van der Waals surface area (Å²) in [4.78, 5) is 0. The first-order valence-corrected chi connectivity index (χ1v) is 5.90. The van der Waals surface area contributed by atoms with Crippen molar-refractivity contribution in [3.63, 3.8) is 0 Å². The largest absolute Gasteiger partial charge is 0.384 e. The van der Waals surface area contributed by atoms with Crippen LogP contribution in [0.2, 0.25) is 0 Å². The van der Waals surface area contributed by atoms with Crippen molar-refractivity contribution in [2.45, 2.75) is 20.3 Å². The van der Waals surface area contributed by atoms with Crippen LogP contribution in [0, 0.1) is 17.2 Å². The molecule has 1 N–H and O–H groups in total. The van der Waals surface area contributed by atoms with Crippen LogP contribution in [0.3, 0.4) is 0 Å². The van der Waals surface area contributed by atoms with Crippen molar-refractivity contribution in [3.05, 3.63) is 28.2 Å². The normalized spacial score (nSPS) is 11.9. The molecule has 0 saturated heterocycles. The Bertz CT molecular complexity index is 368. The van der Waals surface area contributed by atoms with Gasteiger partial charge in [-0.3, -0.25) is 0 Å².